The van der Waals surface area contributed by atoms with Crippen molar-refractivity contribution in [2.24, 2.45) is 4.99 Å². The molecule has 0 atom stereocenters. The minimum atomic E-state index is -0.0320. The summed E-state index contributed by atoms with van der Waals surface area (Å²) in [5.74, 6) is -0.0320. The van der Waals surface area contributed by atoms with Crippen molar-refractivity contribution >= 4 is 38.9 Å². The Bertz CT molecular complexity index is 1170. The van der Waals surface area contributed by atoms with Crippen molar-refractivity contribution in [3.8, 4) is 0 Å². The molecule has 2 aliphatic rings. The molecule has 168 valence electrons. The van der Waals surface area contributed by atoms with E-state index in [1.54, 1.807) is 0 Å². The highest BCUT2D eigenvalue weighted by Gasteiger charge is 2.35. The Kier molecular flexibility index (Phi) is 6.40. The highest BCUT2D eigenvalue weighted by molar-refractivity contribution is 9.10. The van der Waals surface area contributed by atoms with Gasteiger partial charge in [0.05, 0.1) is 18.0 Å². The molecule has 0 aliphatic carbocycles. The van der Waals surface area contributed by atoms with Crippen LogP contribution < -0.4 is 4.90 Å². The van der Waals surface area contributed by atoms with Gasteiger partial charge in [-0.1, -0.05) is 64.0 Å². The van der Waals surface area contributed by atoms with Crippen molar-refractivity contribution in [3.05, 3.63) is 94.0 Å². The lowest BCUT2D eigenvalue weighted by Crippen LogP contribution is -2.50. The molecule has 5 nitrogen and oxygen atoms in total. The topological polar surface area (TPSA) is 39.2 Å². The molecular weight excluding hydrogens is 476 g/mol. The second-order valence-corrected chi connectivity index (χ2v) is 9.63. The molecular formula is C27H27BrN4O. The molecule has 0 radical (unpaired) electrons. The summed E-state index contributed by atoms with van der Waals surface area (Å²) in [6.07, 6.45) is 0. The van der Waals surface area contributed by atoms with Gasteiger partial charge in [-0.05, 0) is 42.8 Å². The Hall–Kier alpha value is -2.80. The number of amides is 1. The molecule has 5 rings (SSSR count). The summed E-state index contributed by atoms with van der Waals surface area (Å²) in [5, 5.41) is 0. The molecule has 0 bridgehead atoms. The largest absolute Gasteiger partial charge is 0.297 e. The van der Waals surface area contributed by atoms with Crippen molar-refractivity contribution in [2.75, 3.05) is 37.7 Å². The van der Waals surface area contributed by atoms with Crippen molar-refractivity contribution in [1.29, 1.82) is 0 Å². The number of halogens is 1. The van der Waals surface area contributed by atoms with Gasteiger partial charge in [0, 0.05) is 42.8 Å². The number of carbonyl (C=O) groups excluding carboxylic acids is 1. The summed E-state index contributed by atoms with van der Waals surface area (Å²) in [6.45, 7) is 7.47. The first-order valence-corrected chi connectivity index (χ1v) is 12.1. The molecule has 0 aromatic heterocycles. The monoisotopic (exact) mass is 502 g/mol. The fraction of sp³-hybridized carbons (Fsp3) is 0.259. The summed E-state index contributed by atoms with van der Waals surface area (Å²) in [4.78, 5) is 24.9. The third-order valence-electron chi connectivity index (χ3n) is 6.28. The van der Waals surface area contributed by atoms with E-state index in [1.165, 1.54) is 11.1 Å². The predicted octanol–water partition coefficient (Wildman–Crippen LogP) is 5.00. The molecule has 2 heterocycles. The van der Waals surface area contributed by atoms with Crippen LogP contribution in [-0.4, -0.2) is 54.3 Å². The van der Waals surface area contributed by atoms with E-state index in [0.717, 1.165) is 54.1 Å². The van der Waals surface area contributed by atoms with Crippen LogP contribution in [-0.2, 0) is 11.3 Å². The summed E-state index contributed by atoms with van der Waals surface area (Å²) >= 11 is 3.56. The van der Waals surface area contributed by atoms with Crippen LogP contribution in [0.1, 0.15) is 16.7 Å². The normalized spacial score (nSPS) is 18.2. The van der Waals surface area contributed by atoms with E-state index in [-0.39, 0.29) is 5.91 Å². The van der Waals surface area contributed by atoms with Gasteiger partial charge >= 0.3 is 0 Å². The highest BCUT2D eigenvalue weighted by atomic mass is 79.9. The van der Waals surface area contributed by atoms with Crippen LogP contribution in [0.4, 0.5) is 11.4 Å². The molecule has 1 fully saturated rings. The zero-order valence-corrected chi connectivity index (χ0v) is 20.3. The first kappa shape index (κ1) is 22.0. The van der Waals surface area contributed by atoms with Crippen LogP contribution in [0.3, 0.4) is 0 Å². The van der Waals surface area contributed by atoms with Crippen LogP contribution >= 0.6 is 15.9 Å². The summed E-state index contributed by atoms with van der Waals surface area (Å²) in [5.41, 5.74) is 5.65. The molecule has 0 spiro atoms. The second kappa shape index (κ2) is 9.59. The Morgan fingerprint density at radius 3 is 2.30 bits per heavy atom. The van der Waals surface area contributed by atoms with Crippen LogP contribution in [0.25, 0.3) is 0 Å². The number of aliphatic imine (C=N–C) groups is 1. The van der Waals surface area contributed by atoms with E-state index in [2.05, 4.69) is 56.1 Å². The smallest absolute Gasteiger partial charge is 0.278 e. The average molecular weight is 503 g/mol. The van der Waals surface area contributed by atoms with Crippen LogP contribution in [0.15, 0.2) is 82.3 Å². The SMILES string of the molecule is Cc1ccc(N=C2C(=O)N(CN3CCN(Cc4ccccc4)CC3)c3ccc(Br)cc32)cc1. The van der Waals surface area contributed by atoms with Gasteiger partial charge in [-0.3, -0.25) is 19.5 Å². The fourth-order valence-electron chi connectivity index (χ4n) is 4.41. The van der Waals surface area contributed by atoms with Gasteiger partial charge in [-0.25, -0.2) is 4.99 Å². The first-order valence-electron chi connectivity index (χ1n) is 11.3. The Morgan fingerprint density at radius 1 is 0.879 bits per heavy atom. The van der Waals surface area contributed by atoms with Gasteiger partial charge < -0.3 is 0 Å². The van der Waals surface area contributed by atoms with E-state index < -0.39 is 0 Å². The van der Waals surface area contributed by atoms with Crippen LogP contribution in [0.2, 0.25) is 0 Å². The number of nitrogens with zero attached hydrogens (tertiary/aromatic N) is 4. The molecule has 3 aromatic carbocycles. The van der Waals surface area contributed by atoms with Crippen LogP contribution in [0.5, 0.6) is 0 Å². The van der Waals surface area contributed by atoms with Crippen molar-refractivity contribution in [3.63, 3.8) is 0 Å². The van der Waals surface area contributed by atoms with E-state index in [9.17, 15) is 4.79 Å². The van der Waals surface area contributed by atoms with E-state index in [1.807, 2.05) is 54.3 Å². The lowest BCUT2D eigenvalue weighted by Gasteiger charge is -2.36. The summed E-state index contributed by atoms with van der Waals surface area (Å²) in [7, 11) is 0. The third-order valence-corrected chi connectivity index (χ3v) is 6.78. The number of rotatable bonds is 5. The van der Waals surface area contributed by atoms with Crippen molar-refractivity contribution in [2.45, 2.75) is 13.5 Å². The first-order chi connectivity index (χ1) is 16.1. The zero-order chi connectivity index (χ0) is 22.8. The number of carbonyl (C=O) groups is 1. The molecule has 3 aromatic rings. The fourth-order valence-corrected chi connectivity index (χ4v) is 4.77. The van der Waals surface area contributed by atoms with Crippen molar-refractivity contribution < 1.29 is 4.79 Å². The molecule has 33 heavy (non-hydrogen) atoms. The van der Waals surface area contributed by atoms with E-state index in [4.69, 9.17) is 4.99 Å². The van der Waals surface area contributed by atoms with Gasteiger partial charge in [-0.2, -0.15) is 0 Å². The number of benzene rings is 3. The molecule has 1 amide bonds. The molecule has 0 saturated carbocycles. The maximum atomic E-state index is 13.5. The molecule has 2 aliphatic heterocycles. The van der Waals surface area contributed by atoms with Gasteiger partial charge in [0.2, 0.25) is 0 Å². The molecule has 0 N–H and O–H groups in total. The molecule has 6 heteroatoms. The van der Waals surface area contributed by atoms with Crippen molar-refractivity contribution in [1.82, 2.24) is 9.80 Å². The van der Waals surface area contributed by atoms with Crippen LogP contribution in [0, 0.1) is 6.92 Å². The summed E-state index contributed by atoms with van der Waals surface area (Å²) in [6, 6.07) is 24.6. The Labute approximate surface area is 203 Å². The lowest BCUT2D eigenvalue weighted by molar-refractivity contribution is -0.112. The lowest BCUT2D eigenvalue weighted by atomic mass is 10.1. The predicted molar refractivity (Wildman–Crippen MR) is 137 cm³/mol. The van der Waals surface area contributed by atoms with E-state index >= 15 is 0 Å². The van der Waals surface area contributed by atoms with Gasteiger partial charge in [0.25, 0.3) is 5.91 Å². The third kappa shape index (κ3) is 4.93. The minimum Gasteiger partial charge on any atom is -0.297 e. The standard InChI is InChI=1S/C27H27BrN4O/c1-20-7-10-23(11-8-20)29-26-24-17-22(28)9-12-25(24)32(27(26)33)19-31-15-13-30(14-16-31)18-21-5-3-2-4-6-21/h2-12,17H,13-16,18-19H2,1H3. The number of aryl methyl sites for hydroxylation is 1. The Morgan fingerprint density at radius 2 is 1.58 bits per heavy atom. The Balaban J connectivity index is 1.31. The van der Waals surface area contributed by atoms with E-state index in [0.29, 0.717) is 12.4 Å². The number of piperazine rings is 1. The maximum absolute atomic E-state index is 13.5. The quantitative estimate of drug-likeness (QED) is 0.492. The molecule has 1 saturated heterocycles. The number of hydrogen-bond acceptors (Lipinski definition) is 4. The van der Waals surface area contributed by atoms with Gasteiger partial charge in [0.15, 0.2) is 0 Å². The summed E-state index contributed by atoms with van der Waals surface area (Å²) < 4.78 is 0.946. The number of fused-ring (bicyclic) bond motifs is 1. The van der Waals surface area contributed by atoms with Gasteiger partial charge in [-0.15, -0.1) is 0 Å². The second-order valence-electron chi connectivity index (χ2n) is 8.71. The van der Waals surface area contributed by atoms with Gasteiger partial charge in [0.1, 0.15) is 5.71 Å². The minimum absolute atomic E-state index is 0.0320. The zero-order valence-electron chi connectivity index (χ0n) is 18.7. The number of anilines is 1. The number of hydrogen-bond donors (Lipinski definition) is 0. The average Bonchev–Trinajstić information content (AvgIpc) is 3.07. The molecule has 0 unspecified atom stereocenters. The maximum Gasteiger partial charge on any atom is 0.278 e. The highest BCUT2D eigenvalue weighted by Crippen LogP contribution is 2.33.